The predicted molar refractivity (Wildman–Crippen MR) is 93.9 cm³/mol. The zero-order valence-electron chi connectivity index (χ0n) is 14.1. The fourth-order valence-electron chi connectivity index (χ4n) is 3.71. The predicted octanol–water partition coefficient (Wildman–Crippen LogP) is 6.96. The van der Waals surface area contributed by atoms with Crippen LogP contribution in [0.1, 0.15) is 81.8 Å². The molecule has 0 N–H and O–H groups in total. The first-order valence-corrected chi connectivity index (χ1v) is 9.17. The summed E-state index contributed by atoms with van der Waals surface area (Å²) in [7, 11) is 0. The summed E-state index contributed by atoms with van der Waals surface area (Å²) >= 11 is 0. The SMILES string of the molecule is CCCCCc1ccc(C2CCC(CCC=CF)CC2)cc1. The molecule has 0 saturated heterocycles. The normalized spacial score (nSPS) is 22.3. The average molecular weight is 302 g/mol. The van der Waals surface area contributed by atoms with E-state index in [4.69, 9.17) is 0 Å². The van der Waals surface area contributed by atoms with E-state index in [0.29, 0.717) is 6.33 Å². The highest BCUT2D eigenvalue weighted by Crippen LogP contribution is 2.37. The monoisotopic (exact) mass is 302 g/mol. The van der Waals surface area contributed by atoms with E-state index in [2.05, 4.69) is 31.2 Å². The molecule has 0 spiro atoms. The lowest BCUT2D eigenvalue weighted by Crippen LogP contribution is -2.13. The molecule has 0 aliphatic heterocycles. The van der Waals surface area contributed by atoms with Gasteiger partial charge in [0.15, 0.2) is 0 Å². The number of allylic oxidation sites excluding steroid dienone is 1. The third-order valence-electron chi connectivity index (χ3n) is 5.20. The minimum Gasteiger partial charge on any atom is -0.216 e. The molecule has 1 aromatic rings. The summed E-state index contributed by atoms with van der Waals surface area (Å²) < 4.78 is 12.0. The van der Waals surface area contributed by atoms with Crippen LogP contribution in [0.4, 0.5) is 4.39 Å². The smallest absolute Gasteiger partial charge is 0.0827 e. The second-order valence-electron chi connectivity index (χ2n) is 6.86. The van der Waals surface area contributed by atoms with Gasteiger partial charge in [-0.1, -0.05) is 50.1 Å². The molecule has 0 atom stereocenters. The molecule has 2 rings (SSSR count). The molecular formula is C21H31F. The first-order chi connectivity index (χ1) is 10.8. The molecule has 122 valence electrons. The highest BCUT2D eigenvalue weighted by atomic mass is 19.1. The number of hydrogen-bond acceptors (Lipinski definition) is 0. The van der Waals surface area contributed by atoms with Crippen LogP contribution in [0.5, 0.6) is 0 Å². The summed E-state index contributed by atoms with van der Waals surface area (Å²) in [5, 5.41) is 0. The maximum absolute atomic E-state index is 12.0. The quantitative estimate of drug-likeness (QED) is 0.455. The van der Waals surface area contributed by atoms with Crippen molar-refractivity contribution >= 4 is 0 Å². The third-order valence-corrected chi connectivity index (χ3v) is 5.20. The Kier molecular flexibility index (Phi) is 7.70. The summed E-state index contributed by atoms with van der Waals surface area (Å²) in [5.41, 5.74) is 3.02. The van der Waals surface area contributed by atoms with Crippen molar-refractivity contribution in [2.75, 3.05) is 0 Å². The van der Waals surface area contributed by atoms with Crippen molar-refractivity contribution in [2.24, 2.45) is 5.92 Å². The molecule has 1 aliphatic carbocycles. The highest BCUT2D eigenvalue weighted by Gasteiger charge is 2.21. The molecule has 1 aliphatic rings. The van der Waals surface area contributed by atoms with Crippen LogP contribution in [0.25, 0.3) is 0 Å². The standard InChI is InChI=1S/C21H31F/c1-2-3-4-7-18-9-13-20(14-10-18)21-15-11-19(12-16-21)8-5-6-17-22/h6,9-10,13-14,17,19,21H,2-5,7-8,11-12,15-16H2,1H3. The van der Waals surface area contributed by atoms with E-state index >= 15 is 0 Å². The number of benzene rings is 1. The van der Waals surface area contributed by atoms with Crippen molar-refractivity contribution in [2.45, 2.75) is 77.0 Å². The Bertz CT molecular complexity index is 424. The summed E-state index contributed by atoms with van der Waals surface area (Å²) in [6.45, 7) is 2.26. The van der Waals surface area contributed by atoms with Gasteiger partial charge in [0.25, 0.3) is 0 Å². The van der Waals surface area contributed by atoms with Crippen molar-refractivity contribution in [3.63, 3.8) is 0 Å². The van der Waals surface area contributed by atoms with Crippen molar-refractivity contribution in [1.29, 1.82) is 0 Å². The summed E-state index contributed by atoms with van der Waals surface area (Å²) in [6.07, 6.45) is 14.8. The minimum atomic E-state index is 0.688. The van der Waals surface area contributed by atoms with E-state index in [0.717, 1.165) is 24.7 Å². The second kappa shape index (κ2) is 9.82. The van der Waals surface area contributed by atoms with E-state index in [1.807, 2.05) is 0 Å². The van der Waals surface area contributed by atoms with Crippen LogP contribution in [0, 0.1) is 5.92 Å². The van der Waals surface area contributed by atoms with Crippen LogP contribution in [0.2, 0.25) is 0 Å². The molecule has 0 heterocycles. The van der Waals surface area contributed by atoms with Crippen LogP contribution >= 0.6 is 0 Å². The number of rotatable bonds is 8. The minimum absolute atomic E-state index is 0.688. The third kappa shape index (κ3) is 5.59. The van der Waals surface area contributed by atoms with Crippen LogP contribution in [-0.2, 0) is 6.42 Å². The molecule has 22 heavy (non-hydrogen) atoms. The largest absolute Gasteiger partial charge is 0.216 e. The van der Waals surface area contributed by atoms with E-state index < -0.39 is 0 Å². The fourth-order valence-corrected chi connectivity index (χ4v) is 3.71. The molecule has 1 heteroatoms. The molecule has 1 saturated carbocycles. The molecule has 1 fully saturated rings. The van der Waals surface area contributed by atoms with E-state index in [1.54, 1.807) is 6.08 Å². The van der Waals surface area contributed by atoms with Gasteiger partial charge < -0.3 is 0 Å². The van der Waals surface area contributed by atoms with Gasteiger partial charge in [0, 0.05) is 0 Å². The van der Waals surface area contributed by atoms with Crippen molar-refractivity contribution in [3.05, 3.63) is 47.8 Å². The highest BCUT2D eigenvalue weighted by molar-refractivity contribution is 5.25. The zero-order valence-corrected chi connectivity index (χ0v) is 14.1. The number of hydrogen-bond donors (Lipinski definition) is 0. The number of halogens is 1. The van der Waals surface area contributed by atoms with Gasteiger partial charge in [0.1, 0.15) is 0 Å². The van der Waals surface area contributed by atoms with Gasteiger partial charge in [-0.05, 0) is 74.3 Å². The Hall–Kier alpha value is -1.11. The van der Waals surface area contributed by atoms with Crippen LogP contribution in [0.15, 0.2) is 36.7 Å². The Morgan fingerprint density at radius 2 is 1.77 bits per heavy atom. The van der Waals surface area contributed by atoms with Crippen LogP contribution in [0.3, 0.4) is 0 Å². The summed E-state index contributed by atoms with van der Waals surface area (Å²) in [6, 6.07) is 9.39. The van der Waals surface area contributed by atoms with Gasteiger partial charge in [-0.25, -0.2) is 4.39 Å². The molecule has 0 unspecified atom stereocenters. The molecular weight excluding hydrogens is 271 g/mol. The Morgan fingerprint density at radius 3 is 2.41 bits per heavy atom. The zero-order chi connectivity index (χ0) is 15.6. The number of aryl methyl sites for hydroxylation is 1. The van der Waals surface area contributed by atoms with Crippen LogP contribution in [-0.4, -0.2) is 0 Å². The van der Waals surface area contributed by atoms with Gasteiger partial charge in [-0.2, -0.15) is 0 Å². The average Bonchev–Trinajstić information content (AvgIpc) is 2.57. The fraction of sp³-hybridized carbons (Fsp3) is 0.619. The van der Waals surface area contributed by atoms with Crippen LogP contribution < -0.4 is 0 Å². The molecule has 0 nitrogen and oxygen atoms in total. The van der Waals surface area contributed by atoms with E-state index in [1.165, 1.54) is 62.5 Å². The lowest BCUT2D eigenvalue weighted by atomic mass is 9.77. The molecule has 0 amide bonds. The lowest BCUT2D eigenvalue weighted by Gasteiger charge is -2.28. The Balaban J connectivity index is 1.76. The second-order valence-corrected chi connectivity index (χ2v) is 6.86. The van der Waals surface area contributed by atoms with Gasteiger partial charge in [-0.15, -0.1) is 0 Å². The maximum atomic E-state index is 12.0. The van der Waals surface area contributed by atoms with E-state index in [9.17, 15) is 4.39 Å². The van der Waals surface area contributed by atoms with Gasteiger partial charge in [0.05, 0.1) is 6.33 Å². The topological polar surface area (TPSA) is 0 Å². The summed E-state index contributed by atoms with van der Waals surface area (Å²) in [5.74, 6) is 1.55. The lowest BCUT2D eigenvalue weighted by molar-refractivity contribution is 0.311. The maximum Gasteiger partial charge on any atom is 0.0827 e. The molecule has 1 aromatic carbocycles. The first kappa shape index (κ1) is 17.2. The van der Waals surface area contributed by atoms with Gasteiger partial charge in [0.2, 0.25) is 0 Å². The van der Waals surface area contributed by atoms with Gasteiger partial charge >= 0.3 is 0 Å². The first-order valence-electron chi connectivity index (χ1n) is 9.17. The van der Waals surface area contributed by atoms with Crippen molar-refractivity contribution in [1.82, 2.24) is 0 Å². The summed E-state index contributed by atoms with van der Waals surface area (Å²) in [4.78, 5) is 0. The Labute approximate surface area is 135 Å². The number of unbranched alkanes of at least 4 members (excludes halogenated alkanes) is 2. The van der Waals surface area contributed by atoms with Gasteiger partial charge in [-0.3, -0.25) is 0 Å². The van der Waals surface area contributed by atoms with Crippen molar-refractivity contribution < 1.29 is 4.39 Å². The van der Waals surface area contributed by atoms with E-state index in [-0.39, 0.29) is 0 Å². The molecule has 0 bridgehead atoms. The van der Waals surface area contributed by atoms with Crippen molar-refractivity contribution in [3.8, 4) is 0 Å². The Morgan fingerprint density at radius 1 is 1.05 bits per heavy atom. The molecule has 0 radical (unpaired) electrons. The molecule has 0 aromatic heterocycles.